The van der Waals surface area contributed by atoms with Gasteiger partial charge in [0.15, 0.2) is 0 Å². The van der Waals surface area contributed by atoms with Crippen molar-refractivity contribution in [3.05, 3.63) is 71.6 Å². The highest BCUT2D eigenvalue weighted by atomic mass is 35.5. The quantitative estimate of drug-likeness (QED) is 0.403. The molecule has 3 heterocycles. The summed E-state index contributed by atoms with van der Waals surface area (Å²) < 4.78 is 68.1. The number of hydrogen-bond acceptors (Lipinski definition) is 6. The number of rotatable bonds is 4. The summed E-state index contributed by atoms with van der Waals surface area (Å²) >= 11 is 5.96. The minimum absolute atomic E-state index is 0.104. The predicted molar refractivity (Wildman–Crippen MR) is 124 cm³/mol. The van der Waals surface area contributed by atoms with Crippen molar-refractivity contribution in [1.29, 1.82) is 0 Å². The third-order valence-corrected chi connectivity index (χ3v) is 8.16. The lowest BCUT2D eigenvalue weighted by atomic mass is 10.1. The second-order valence-corrected chi connectivity index (χ2v) is 10.2. The van der Waals surface area contributed by atoms with E-state index in [1.807, 2.05) is 35.2 Å². The molecule has 2 aromatic heterocycles. The zero-order chi connectivity index (χ0) is 24.8. The lowest BCUT2D eigenvalue weighted by molar-refractivity contribution is -0.137. The van der Waals surface area contributed by atoms with Crippen LogP contribution in [0.4, 0.5) is 19.0 Å². The number of benzene rings is 2. The summed E-state index contributed by atoms with van der Waals surface area (Å²) in [5.74, 6) is 1.13. The molecule has 0 radical (unpaired) electrons. The van der Waals surface area contributed by atoms with Gasteiger partial charge in [0.1, 0.15) is 17.0 Å². The van der Waals surface area contributed by atoms with Gasteiger partial charge < -0.3 is 4.90 Å². The highest BCUT2D eigenvalue weighted by Gasteiger charge is 2.35. The van der Waals surface area contributed by atoms with E-state index in [1.54, 1.807) is 10.7 Å². The monoisotopic (exact) mass is 522 g/mol. The third kappa shape index (κ3) is 4.32. The van der Waals surface area contributed by atoms with Crippen LogP contribution in [0.1, 0.15) is 5.56 Å². The Morgan fingerprint density at radius 2 is 1.66 bits per heavy atom. The van der Waals surface area contributed by atoms with Gasteiger partial charge in [-0.1, -0.05) is 41.9 Å². The van der Waals surface area contributed by atoms with Gasteiger partial charge in [0.25, 0.3) is 5.78 Å². The Balaban J connectivity index is 1.43. The average Bonchev–Trinajstić information content (AvgIpc) is 3.32. The number of fused-ring (bicyclic) bond motifs is 1. The van der Waals surface area contributed by atoms with E-state index >= 15 is 0 Å². The maximum absolute atomic E-state index is 13.2. The van der Waals surface area contributed by atoms with Crippen LogP contribution < -0.4 is 4.90 Å². The smallest absolute Gasteiger partial charge is 0.353 e. The Hall–Kier alpha value is -3.22. The molecule has 1 aliphatic heterocycles. The van der Waals surface area contributed by atoms with Gasteiger partial charge in [-0.2, -0.15) is 32.1 Å². The van der Waals surface area contributed by atoms with Crippen molar-refractivity contribution >= 4 is 33.2 Å². The van der Waals surface area contributed by atoms with Crippen LogP contribution in [-0.4, -0.2) is 58.5 Å². The van der Waals surface area contributed by atoms with Crippen LogP contribution in [0.2, 0.25) is 5.02 Å². The molecule has 4 aromatic rings. The second kappa shape index (κ2) is 8.77. The van der Waals surface area contributed by atoms with Crippen LogP contribution in [0.3, 0.4) is 0 Å². The molecule has 5 rings (SSSR count). The molecule has 182 valence electrons. The van der Waals surface area contributed by atoms with Crippen molar-refractivity contribution in [2.45, 2.75) is 11.1 Å². The molecule has 35 heavy (non-hydrogen) atoms. The fraction of sp³-hybridized carbons (Fsp3) is 0.227. The molecule has 0 spiro atoms. The summed E-state index contributed by atoms with van der Waals surface area (Å²) in [4.78, 5) is 10.2. The summed E-state index contributed by atoms with van der Waals surface area (Å²) in [5.41, 5.74) is 0.721. The molecule has 8 nitrogen and oxygen atoms in total. The van der Waals surface area contributed by atoms with E-state index in [4.69, 9.17) is 11.6 Å². The van der Waals surface area contributed by atoms with Gasteiger partial charge in [0.05, 0.1) is 10.6 Å². The van der Waals surface area contributed by atoms with Crippen molar-refractivity contribution in [1.82, 2.24) is 23.9 Å². The maximum atomic E-state index is 13.2. The first-order valence-electron chi connectivity index (χ1n) is 10.5. The van der Waals surface area contributed by atoms with E-state index in [1.165, 1.54) is 10.6 Å². The minimum atomic E-state index is -4.62. The van der Waals surface area contributed by atoms with Crippen molar-refractivity contribution < 1.29 is 21.6 Å². The first-order chi connectivity index (χ1) is 16.7. The molecule has 1 aliphatic rings. The standard InChI is InChI=1S/C22H18ClF3N6O2S/c23-18-12-16(22(24,25)26)6-7-19(18)35(33,34)31-10-8-30(9-11-31)20-17(15-4-2-1-3-5-15)13-27-21-28-14-29-32(20)21/h1-7,12-14H,8-11H2. The van der Waals surface area contributed by atoms with Crippen LogP contribution in [0.15, 0.2) is 66.0 Å². The Kier molecular flexibility index (Phi) is 5.90. The van der Waals surface area contributed by atoms with Crippen LogP contribution in [0.5, 0.6) is 0 Å². The molecule has 13 heteroatoms. The first-order valence-corrected chi connectivity index (χ1v) is 12.3. The van der Waals surface area contributed by atoms with Crippen LogP contribution in [0.25, 0.3) is 16.9 Å². The summed E-state index contributed by atoms with van der Waals surface area (Å²) in [5, 5.41) is 3.83. The van der Waals surface area contributed by atoms with Crippen molar-refractivity contribution in [2.24, 2.45) is 0 Å². The Labute approximate surface area is 203 Å². The number of anilines is 1. The number of sulfonamides is 1. The zero-order valence-electron chi connectivity index (χ0n) is 18.0. The molecule has 1 saturated heterocycles. The van der Waals surface area contributed by atoms with E-state index in [0.717, 1.165) is 29.1 Å². The molecule has 0 atom stereocenters. The van der Waals surface area contributed by atoms with E-state index < -0.39 is 26.8 Å². The summed E-state index contributed by atoms with van der Waals surface area (Å²) in [6, 6.07) is 11.9. The Morgan fingerprint density at radius 3 is 2.31 bits per heavy atom. The summed E-state index contributed by atoms with van der Waals surface area (Å²) in [6.45, 7) is 0.839. The van der Waals surface area contributed by atoms with E-state index in [9.17, 15) is 21.6 Å². The molecular formula is C22H18ClF3N6O2S. The molecule has 0 amide bonds. The number of aromatic nitrogens is 4. The Morgan fingerprint density at radius 1 is 0.943 bits per heavy atom. The van der Waals surface area contributed by atoms with Crippen LogP contribution >= 0.6 is 11.6 Å². The topological polar surface area (TPSA) is 83.7 Å². The number of nitrogens with zero attached hydrogens (tertiary/aromatic N) is 6. The van der Waals surface area contributed by atoms with Gasteiger partial charge in [0, 0.05) is 37.9 Å². The lowest BCUT2D eigenvalue weighted by Gasteiger charge is -2.36. The predicted octanol–water partition coefficient (Wildman–Crippen LogP) is 3.97. The first kappa shape index (κ1) is 23.5. The van der Waals surface area contributed by atoms with Crippen LogP contribution in [-0.2, 0) is 16.2 Å². The highest BCUT2D eigenvalue weighted by molar-refractivity contribution is 7.89. The Bertz CT molecular complexity index is 1490. The zero-order valence-corrected chi connectivity index (χ0v) is 19.6. The molecule has 0 bridgehead atoms. The normalized spacial score (nSPS) is 15.6. The fourth-order valence-corrected chi connectivity index (χ4v) is 6.00. The molecule has 2 aromatic carbocycles. The van der Waals surface area contributed by atoms with Crippen LogP contribution in [0, 0.1) is 0 Å². The average molecular weight is 523 g/mol. The number of hydrogen-bond donors (Lipinski definition) is 0. The largest absolute Gasteiger partial charge is 0.416 e. The van der Waals surface area contributed by atoms with Crippen molar-refractivity contribution in [3.63, 3.8) is 0 Å². The van der Waals surface area contributed by atoms with Gasteiger partial charge in [-0.05, 0) is 23.8 Å². The van der Waals surface area contributed by atoms with Gasteiger partial charge >= 0.3 is 6.18 Å². The fourth-order valence-electron chi connectivity index (χ4n) is 4.06. The number of alkyl halides is 3. The van der Waals surface area contributed by atoms with E-state index in [-0.39, 0.29) is 18.0 Å². The summed E-state index contributed by atoms with van der Waals surface area (Å²) in [6.07, 6.45) is -1.51. The van der Waals surface area contributed by atoms with Gasteiger partial charge in [-0.25, -0.2) is 13.4 Å². The molecule has 1 fully saturated rings. The molecule has 0 N–H and O–H groups in total. The molecular weight excluding hydrogens is 505 g/mol. The molecule has 0 unspecified atom stereocenters. The summed E-state index contributed by atoms with van der Waals surface area (Å²) in [7, 11) is -4.09. The SMILES string of the molecule is O=S(=O)(c1ccc(C(F)(F)F)cc1Cl)N1CCN(c2c(-c3ccccc3)cnc3ncnn23)CC1. The number of piperazine rings is 1. The molecule has 0 aliphatic carbocycles. The van der Waals surface area contributed by atoms with Crippen molar-refractivity contribution in [3.8, 4) is 11.1 Å². The van der Waals surface area contributed by atoms with Gasteiger partial charge in [0.2, 0.25) is 10.0 Å². The number of halogens is 4. The maximum Gasteiger partial charge on any atom is 0.416 e. The minimum Gasteiger partial charge on any atom is -0.353 e. The highest BCUT2D eigenvalue weighted by Crippen LogP contribution is 2.35. The third-order valence-electron chi connectivity index (χ3n) is 5.78. The lowest BCUT2D eigenvalue weighted by Crippen LogP contribution is -2.49. The van der Waals surface area contributed by atoms with E-state index in [2.05, 4.69) is 15.1 Å². The van der Waals surface area contributed by atoms with Gasteiger partial charge in [-0.3, -0.25) is 0 Å². The second-order valence-electron chi connectivity index (χ2n) is 7.87. The van der Waals surface area contributed by atoms with Gasteiger partial charge in [-0.15, -0.1) is 0 Å². The molecule has 0 saturated carbocycles. The van der Waals surface area contributed by atoms with E-state index in [0.29, 0.717) is 24.9 Å². The van der Waals surface area contributed by atoms with Crippen molar-refractivity contribution in [2.75, 3.05) is 31.1 Å².